The van der Waals surface area contributed by atoms with Gasteiger partial charge in [-0.1, -0.05) is 20.8 Å². The molecular formula is C14H24N4S. The third-order valence-electron chi connectivity index (χ3n) is 4.02. The summed E-state index contributed by atoms with van der Waals surface area (Å²) in [7, 11) is 0. The fraction of sp³-hybridized carbons (Fsp3) is 0.857. The molecule has 1 aliphatic heterocycles. The Balaban J connectivity index is 1.48. The van der Waals surface area contributed by atoms with Gasteiger partial charge in [-0.15, -0.1) is 0 Å². The zero-order valence-electron chi connectivity index (χ0n) is 12.1. The topological polar surface area (TPSA) is 41.1 Å². The van der Waals surface area contributed by atoms with Crippen LogP contribution in [-0.4, -0.2) is 39.9 Å². The van der Waals surface area contributed by atoms with Crippen molar-refractivity contribution in [2.45, 2.75) is 51.5 Å². The van der Waals surface area contributed by atoms with Gasteiger partial charge in [0.1, 0.15) is 5.82 Å². The predicted molar refractivity (Wildman–Crippen MR) is 79.8 cm³/mol. The first-order valence-corrected chi connectivity index (χ1v) is 8.12. The molecule has 0 spiro atoms. The minimum atomic E-state index is 0.0482. The number of anilines is 1. The lowest BCUT2D eigenvalue weighted by molar-refractivity contribution is 0.316. The minimum Gasteiger partial charge on any atom is -0.360 e. The number of likely N-dealkylation sites (tertiary alicyclic amines) is 1. The zero-order chi connectivity index (χ0) is 13.5. The van der Waals surface area contributed by atoms with E-state index in [9.17, 15) is 0 Å². The van der Waals surface area contributed by atoms with Crippen LogP contribution in [0.5, 0.6) is 0 Å². The number of rotatable bonds is 4. The highest BCUT2D eigenvalue weighted by Crippen LogP contribution is 2.32. The van der Waals surface area contributed by atoms with Crippen molar-refractivity contribution in [1.29, 1.82) is 0 Å². The fourth-order valence-electron chi connectivity index (χ4n) is 2.63. The van der Waals surface area contributed by atoms with Gasteiger partial charge < -0.3 is 10.2 Å². The number of nitrogens with zero attached hydrogens (tertiary/aromatic N) is 3. The van der Waals surface area contributed by atoms with E-state index in [-0.39, 0.29) is 5.41 Å². The van der Waals surface area contributed by atoms with E-state index in [4.69, 9.17) is 0 Å². The molecule has 0 radical (unpaired) electrons. The Morgan fingerprint density at radius 3 is 2.74 bits per heavy atom. The summed E-state index contributed by atoms with van der Waals surface area (Å²) in [6, 6.07) is 0.916. The highest BCUT2D eigenvalue weighted by atomic mass is 32.1. The standard InChI is InChI=1S/C14H24N4S/c1-14(2,3)12-16-13(19-17-12)15-8-10-6-7-18(9-10)11-4-5-11/h10-11H,4-9H2,1-3H3,(H,15,16,17). The van der Waals surface area contributed by atoms with E-state index in [0.717, 1.165) is 29.5 Å². The average Bonchev–Trinajstić information content (AvgIpc) is 2.91. The quantitative estimate of drug-likeness (QED) is 0.921. The smallest absolute Gasteiger partial charge is 0.202 e. The second-order valence-electron chi connectivity index (χ2n) is 6.93. The van der Waals surface area contributed by atoms with Gasteiger partial charge in [0.15, 0.2) is 0 Å². The molecule has 2 aliphatic rings. The number of hydrogen-bond acceptors (Lipinski definition) is 5. The first-order chi connectivity index (χ1) is 9.02. The molecule has 1 unspecified atom stereocenters. The van der Waals surface area contributed by atoms with Crippen molar-refractivity contribution in [3.8, 4) is 0 Å². The molecule has 2 fully saturated rings. The molecule has 1 N–H and O–H groups in total. The van der Waals surface area contributed by atoms with Crippen molar-refractivity contribution in [2.24, 2.45) is 5.92 Å². The molecule has 1 saturated carbocycles. The van der Waals surface area contributed by atoms with E-state index in [1.165, 1.54) is 43.9 Å². The highest BCUT2D eigenvalue weighted by molar-refractivity contribution is 7.09. The maximum atomic E-state index is 4.59. The van der Waals surface area contributed by atoms with Crippen LogP contribution in [0.3, 0.4) is 0 Å². The summed E-state index contributed by atoms with van der Waals surface area (Å²) in [6.07, 6.45) is 4.17. The maximum Gasteiger partial charge on any atom is 0.202 e. The second kappa shape index (κ2) is 5.02. The third kappa shape index (κ3) is 3.26. The molecule has 1 aromatic heterocycles. The Morgan fingerprint density at radius 2 is 2.11 bits per heavy atom. The summed E-state index contributed by atoms with van der Waals surface area (Å²) in [5, 5.41) is 4.46. The van der Waals surface area contributed by atoms with Crippen LogP contribution in [0.25, 0.3) is 0 Å². The van der Waals surface area contributed by atoms with Crippen molar-refractivity contribution in [1.82, 2.24) is 14.3 Å². The van der Waals surface area contributed by atoms with Crippen molar-refractivity contribution < 1.29 is 0 Å². The zero-order valence-corrected chi connectivity index (χ0v) is 13.0. The van der Waals surface area contributed by atoms with Crippen molar-refractivity contribution in [3.63, 3.8) is 0 Å². The van der Waals surface area contributed by atoms with Gasteiger partial charge in [0, 0.05) is 36.1 Å². The van der Waals surface area contributed by atoms with Crippen LogP contribution < -0.4 is 5.32 Å². The van der Waals surface area contributed by atoms with Crippen LogP contribution in [0.1, 0.15) is 45.9 Å². The van der Waals surface area contributed by atoms with E-state index < -0.39 is 0 Å². The fourth-order valence-corrected chi connectivity index (χ4v) is 3.39. The van der Waals surface area contributed by atoms with Gasteiger partial charge in [-0.05, 0) is 31.7 Å². The molecule has 1 aromatic rings. The molecular weight excluding hydrogens is 256 g/mol. The Labute approximate surface area is 119 Å². The van der Waals surface area contributed by atoms with Crippen LogP contribution in [0.4, 0.5) is 5.13 Å². The lowest BCUT2D eigenvalue weighted by Gasteiger charge is -2.15. The number of aromatic nitrogens is 2. The van der Waals surface area contributed by atoms with E-state index in [0.29, 0.717) is 0 Å². The van der Waals surface area contributed by atoms with E-state index in [1.807, 2.05) is 0 Å². The summed E-state index contributed by atoms with van der Waals surface area (Å²) in [5.41, 5.74) is 0.0482. The lowest BCUT2D eigenvalue weighted by Crippen LogP contribution is -2.24. The van der Waals surface area contributed by atoms with E-state index in [2.05, 4.69) is 40.3 Å². The molecule has 19 heavy (non-hydrogen) atoms. The molecule has 0 bridgehead atoms. The van der Waals surface area contributed by atoms with Crippen LogP contribution in [0.2, 0.25) is 0 Å². The van der Waals surface area contributed by atoms with Gasteiger partial charge in [0.2, 0.25) is 5.13 Å². The van der Waals surface area contributed by atoms with Crippen molar-refractivity contribution >= 4 is 16.7 Å². The Hall–Kier alpha value is -0.680. The monoisotopic (exact) mass is 280 g/mol. The molecule has 3 rings (SSSR count). The second-order valence-corrected chi connectivity index (χ2v) is 7.69. The van der Waals surface area contributed by atoms with Crippen molar-refractivity contribution in [2.75, 3.05) is 25.0 Å². The molecule has 1 atom stereocenters. The normalized spacial score (nSPS) is 24.9. The molecule has 0 amide bonds. The summed E-state index contributed by atoms with van der Waals surface area (Å²) in [5.74, 6) is 1.73. The molecule has 5 heteroatoms. The van der Waals surface area contributed by atoms with Gasteiger partial charge in [0.25, 0.3) is 0 Å². The molecule has 106 valence electrons. The number of nitrogens with one attached hydrogen (secondary N) is 1. The van der Waals surface area contributed by atoms with Gasteiger partial charge >= 0.3 is 0 Å². The summed E-state index contributed by atoms with van der Waals surface area (Å²) in [4.78, 5) is 7.25. The Kier molecular flexibility index (Phi) is 3.52. The maximum absolute atomic E-state index is 4.59. The Morgan fingerprint density at radius 1 is 1.32 bits per heavy atom. The third-order valence-corrected chi connectivity index (χ3v) is 4.69. The van der Waals surface area contributed by atoms with Gasteiger partial charge in [-0.2, -0.15) is 4.37 Å². The first-order valence-electron chi connectivity index (χ1n) is 7.34. The molecule has 0 aromatic carbocycles. The first kappa shape index (κ1) is 13.3. The van der Waals surface area contributed by atoms with Crippen LogP contribution in [0.15, 0.2) is 0 Å². The van der Waals surface area contributed by atoms with E-state index in [1.54, 1.807) is 0 Å². The molecule has 4 nitrogen and oxygen atoms in total. The summed E-state index contributed by atoms with van der Waals surface area (Å²) < 4.78 is 4.44. The van der Waals surface area contributed by atoms with Gasteiger partial charge in [0.05, 0.1) is 0 Å². The van der Waals surface area contributed by atoms with Crippen LogP contribution >= 0.6 is 11.5 Å². The molecule has 2 heterocycles. The van der Waals surface area contributed by atoms with Crippen LogP contribution in [-0.2, 0) is 5.41 Å². The minimum absolute atomic E-state index is 0.0482. The summed E-state index contributed by atoms with van der Waals surface area (Å²) >= 11 is 1.49. The Bertz CT molecular complexity index is 433. The molecule has 1 saturated heterocycles. The largest absolute Gasteiger partial charge is 0.360 e. The molecule has 1 aliphatic carbocycles. The predicted octanol–water partition coefficient (Wildman–Crippen LogP) is 2.73. The SMILES string of the molecule is CC(C)(C)c1nsc(NCC2CCN(C3CC3)C2)n1. The number of hydrogen-bond donors (Lipinski definition) is 1. The van der Waals surface area contributed by atoms with Crippen molar-refractivity contribution in [3.05, 3.63) is 5.82 Å². The van der Waals surface area contributed by atoms with Gasteiger partial charge in [-0.3, -0.25) is 0 Å². The lowest BCUT2D eigenvalue weighted by atomic mass is 9.96. The highest BCUT2D eigenvalue weighted by Gasteiger charge is 2.34. The van der Waals surface area contributed by atoms with Gasteiger partial charge in [-0.25, -0.2) is 4.98 Å². The van der Waals surface area contributed by atoms with Crippen LogP contribution in [0, 0.1) is 5.92 Å². The van der Waals surface area contributed by atoms with E-state index >= 15 is 0 Å². The average molecular weight is 280 g/mol. The summed E-state index contributed by atoms with van der Waals surface area (Å²) in [6.45, 7) is 10.1.